The molecule has 8 heteroatoms. The minimum Gasteiger partial charge on any atom is -0.441 e. The normalized spacial score (nSPS) is 16.2. The number of amides is 1. The Morgan fingerprint density at radius 3 is 2.67 bits per heavy atom. The highest BCUT2D eigenvalue weighted by molar-refractivity contribution is 5.77. The topological polar surface area (TPSA) is 94.1 Å². The lowest BCUT2D eigenvalue weighted by atomic mass is 9.89. The van der Waals surface area contributed by atoms with Gasteiger partial charge in [-0.05, 0) is 25.0 Å². The zero-order valence-electron chi connectivity index (χ0n) is 17.0. The summed E-state index contributed by atoms with van der Waals surface area (Å²) in [5.41, 5.74) is -0.245. The molecular weight excluding hydrogens is 387 g/mol. The molecule has 0 radical (unpaired) electrons. The highest BCUT2D eigenvalue weighted by Crippen LogP contribution is 2.34. The van der Waals surface area contributed by atoms with Crippen molar-refractivity contribution in [2.75, 3.05) is 0 Å². The fourth-order valence-corrected chi connectivity index (χ4v) is 3.99. The summed E-state index contributed by atoms with van der Waals surface area (Å²) in [6.45, 7) is 1.75. The van der Waals surface area contributed by atoms with Crippen molar-refractivity contribution < 1.29 is 18.1 Å². The average Bonchev–Trinajstić information content (AvgIpc) is 3.32. The summed E-state index contributed by atoms with van der Waals surface area (Å²) in [4.78, 5) is 21.4. The number of hydrogen-bond donors (Lipinski definition) is 1. The zero-order chi connectivity index (χ0) is 21.0. The van der Waals surface area contributed by atoms with Gasteiger partial charge in [-0.3, -0.25) is 4.79 Å². The van der Waals surface area contributed by atoms with Gasteiger partial charge in [0.05, 0.1) is 11.8 Å². The molecule has 0 aliphatic heterocycles. The summed E-state index contributed by atoms with van der Waals surface area (Å²) in [7, 11) is 0. The highest BCUT2D eigenvalue weighted by atomic mass is 19.1. The van der Waals surface area contributed by atoms with Crippen molar-refractivity contribution in [3.8, 4) is 11.3 Å². The van der Waals surface area contributed by atoms with E-state index >= 15 is 0 Å². The first-order valence-electron chi connectivity index (χ1n) is 10.4. The van der Waals surface area contributed by atoms with Gasteiger partial charge in [-0.15, -0.1) is 0 Å². The van der Waals surface area contributed by atoms with E-state index in [4.69, 9.17) is 8.94 Å². The molecule has 0 bridgehead atoms. The number of carbonyl (C=O) groups is 1. The molecule has 0 unspecified atom stereocenters. The summed E-state index contributed by atoms with van der Waals surface area (Å²) in [5.74, 6) is 1.30. The fraction of sp³-hybridized carbons (Fsp3) is 0.455. The minimum atomic E-state index is -0.597. The van der Waals surface area contributed by atoms with Gasteiger partial charge in [0, 0.05) is 19.8 Å². The Balaban J connectivity index is 1.43. The van der Waals surface area contributed by atoms with Crippen molar-refractivity contribution in [1.29, 1.82) is 0 Å². The molecule has 1 N–H and O–H groups in total. The van der Waals surface area contributed by atoms with E-state index in [2.05, 4.69) is 20.4 Å². The molecule has 0 atom stereocenters. The van der Waals surface area contributed by atoms with E-state index in [1.807, 2.05) is 0 Å². The number of oxazole rings is 1. The van der Waals surface area contributed by atoms with Crippen LogP contribution in [-0.4, -0.2) is 21.0 Å². The lowest BCUT2D eigenvalue weighted by Crippen LogP contribution is -2.46. The van der Waals surface area contributed by atoms with Crippen LogP contribution < -0.4 is 5.32 Å². The van der Waals surface area contributed by atoms with Crippen LogP contribution in [0.1, 0.15) is 62.6 Å². The standard InChI is InChI=1S/C22H25FN4O3/c1-15-25-21(27-30-15)22(12-6-2-3-7-13-22)26-19(28)10-11-20-24-14-18(29-20)16-8-4-5-9-17(16)23/h4-5,8-9,14H,2-3,6-7,10-13H2,1H3,(H,26,28). The first kappa shape index (κ1) is 20.3. The first-order chi connectivity index (χ1) is 14.6. The lowest BCUT2D eigenvalue weighted by molar-refractivity contribution is -0.123. The second-order valence-electron chi connectivity index (χ2n) is 7.78. The Labute approximate surface area is 174 Å². The molecular formula is C22H25FN4O3. The SMILES string of the molecule is Cc1nc(C2(NC(=O)CCc3ncc(-c4ccccc4F)o3)CCCCCC2)no1. The maximum atomic E-state index is 13.9. The van der Waals surface area contributed by atoms with Gasteiger partial charge < -0.3 is 14.3 Å². The third-order valence-corrected chi connectivity index (χ3v) is 5.55. The molecule has 1 saturated carbocycles. The van der Waals surface area contributed by atoms with Gasteiger partial charge in [0.25, 0.3) is 0 Å². The molecule has 4 rings (SSSR count). The molecule has 7 nitrogen and oxygen atoms in total. The van der Waals surface area contributed by atoms with Crippen LogP contribution >= 0.6 is 0 Å². The molecule has 0 saturated heterocycles. The minimum absolute atomic E-state index is 0.120. The van der Waals surface area contributed by atoms with Crippen molar-refractivity contribution >= 4 is 5.91 Å². The number of carbonyl (C=O) groups excluding carboxylic acids is 1. The Morgan fingerprint density at radius 1 is 1.20 bits per heavy atom. The number of aromatic nitrogens is 3. The van der Waals surface area contributed by atoms with Gasteiger partial charge in [-0.2, -0.15) is 4.98 Å². The predicted molar refractivity (Wildman–Crippen MR) is 107 cm³/mol. The van der Waals surface area contributed by atoms with Crippen molar-refractivity contribution in [2.45, 2.75) is 63.8 Å². The van der Waals surface area contributed by atoms with Crippen LogP contribution in [0.4, 0.5) is 4.39 Å². The van der Waals surface area contributed by atoms with E-state index in [1.54, 1.807) is 25.1 Å². The number of hydrogen-bond acceptors (Lipinski definition) is 6. The van der Waals surface area contributed by atoms with Crippen molar-refractivity contribution in [2.24, 2.45) is 0 Å². The largest absolute Gasteiger partial charge is 0.441 e. The predicted octanol–water partition coefficient (Wildman–Crippen LogP) is 4.47. The zero-order valence-corrected chi connectivity index (χ0v) is 17.0. The number of benzene rings is 1. The van der Waals surface area contributed by atoms with Gasteiger partial charge in [-0.1, -0.05) is 43.0 Å². The monoisotopic (exact) mass is 412 g/mol. The van der Waals surface area contributed by atoms with E-state index in [-0.39, 0.29) is 18.1 Å². The molecule has 3 aromatic rings. The van der Waals surface area contributed by atoms with Gasteiger partial charge >= 0.3 is 0 Å². The van der Waals surface area contributed by atoms with Crippen LogP contribution in [0.5, 0.6) is 0 Å². The molecule has 0 spiro atoms. The van der Waals surface area contributed by atoms with Gasteiger partial charge in [0.1, 0.15) is 11.4 Å². The maximum absolute atomic E-state index is 13.9. The molecule has 2 heterocycles. The molecule has 1 aliphatic carbocycles. The third kappa shape index (κ3) is 4.42. The van der Waals surface area contributed by atoms with Crippen LogP contribution in [0, 0.1) is 12.7 Å². The molecule has 158 valence electrons. The highest BCUT2D eigenvalue weighted by Gasteiger charge is 2.38. The molecule has 1 fully saturated rings. The summed E-state index contributed by atoms with van der Waals surface area (Å²) in [6, 6.07) is 6.36. The maximum Gasteiger partial charge on any atom is 0.223 e. The Bertz CT molecular complexity index is 1010. The van der Waals surface area contributed by atoms with E-state index < -0.39 is 5.54 Å². The summed E-state index contributed by atoms with van der Waals surface area (Å²) in [6.07, 6.45) is 7.84. The average molecular weight is 412 g/mol. The molecule has 30 heavy (non-hydrogen) atoms. The van der Waals surface area contributed by atoms with Crippen molar-refractivity contribution in [3.05, 3.63) is 53.9 Å². The molecule has 2 aromatic heterocycles. The van der Waals surface area contributed by atoms with Crippen LogP contribution in [0.2, 0.25) is 0 Å². The Morgan fingerprint density at radius 2 is 1.97 bits per heavy atom. The second kappa shape index (κ2) is 8.77. The number of nitrogens with one attached hydrogen (secondary N) is 1. The van der Waals surface area contributed by atoms with Crippen LogP contribution in [0.3, 0.4) is 0 Å². The van der Waals surface area contributed by atoms with Crippen LogP contribution in [0.25, 0.3) is 11.3 Å². The van der Waals surface area contributed by atoms with E-state index in [1.165, 1.54) is 12.3 Å². The fourth-order valence-electron chi connectivity index (χ4n) is 3.99. The van der Waals surface area contributed by atoms with Gasteiger partial charge in [-0.25, -0.2) is 9.37 Å². The molecule has 1 aromatic carbocycles. The Hall–Kier alpha value is -3.03. The summed E-state index contributed by atoms with van der Waals surface area (Å²) < 4.78 is 24.8. The second-order valence-corrected chi connectivity index (χ2v) is 7.78. The quantitative estimate of drug-likeness (QED) is 0.600. The number of halogens is 1. The van der Waals surface area contributed by atoms with Crippen molar-refractivity contribution in [3.63, 3.8) is 0 Å². The number of rotatable bonds is 6. The molecule has 1 amide bonds. The third-order valence-electron chi connectivity index (χ3n) is 5.55. The number of aryl methyl sites for hydroxylation is 2. The van der Waals surface area contributed by atoms with Crippen LogP contribution in [-0.2, 0) is 16.8 Å². The smallest absolute Gasteiger partial charge is 0.223 e. The summed E-state index contributed by atoms with van der Waals surface area (Å²) in [5, 5.41) is 7.27. The van der Waals surface area contributed by atoms with Gasteiger partial charge in [0.2, 0.25) is 11.8 Å². The van der Waals surface area contributed by atoms with E-state index in [0.717, 1.165) is 38.5 Å². The Kier molecular flexibility index (Phi) is 5.92. The first-order valence-corrected chi connectivity index (χ1v) is 10.4. The molecule has 1 aliphatic rings. The van der Waals surface area contributed by atoms with E-state index in [9.17, 15) is 9.18 Å². The van der Waals surface area contributed by atoms with Gasteiger partial charge in [0.15, 0.2) is 17.5 Å². The van der Waals surface area contributed by atoms with Crippen LogP contribution in [0.15, 0.2) is 39.4 Å². The van der Waals surface area contributed by atoms with E-state index in [0.29, 0.717) is 35.4 Å². The lowest BCUT2D eigenvalue weighted by Gasteiger charge is -2.30. The van der Waals surface area contributed by atoms with Crippen molar-refractivity contribution in [1.82, 2.24) is 20.4 Å². The number of nitrogens with zero attached hydrogens (tertiary/aromatic N) is 3. The summed E-state index contributed by atoms with van der Waals surface area (Å²) >= 11 is 0.